The maximum absolute atomic E-state index is 13.7. The average Bonchev–Trinajstić information content (AvgIpc) is 2.64. The topological polar surface area (TPSA) is 53.2 Å². The Morgan fingerprint density at radius 1 is 1.07 bits per heavy atom. The Bertz CT molecular complexity index is 1110. The summed E-state index contributed by atoms with van der Waals surface area (Å²) in [6, 6.07) is 4.74. The number of benzene rings is 2. The smallest absolute Gasteiger partial charge is 0.255 e. The van der Waals surface area contributed by atoms with E-state index in [4.69, 9.17) is 11.6 Å². The van der Waals surface area contributed by atoms with E-state index in [0.29, 0.717) is 5.56 Å². The summed E-state index contributed by atoms with van der Waals surface area (Å²) in [6.45, 7) is 1.66. The van der Waals surface area contributed by atoms with Crippen LogP contribution in [0, 0.1) is 17.5 Å². The Morgan fingerprint density at radius 2 is 1.70 bits per heavy atom. The molecule has 0 aliphatic rings. The van der Waals surface area contributed by atoms with Crippen LogP contribution in [0.1, 0.15) is 28.9 Å². The predicted molar refractivity (Wildman–Crippen MR) is 96.4 cm³/mol. The summed E-state index contributed by atoms with van der Waals surface area (Å²) < 4.78 is 40.5. The molecule has 3 aromatic rings. The standard InChI is InChI=1S/C19H14ClF3N2O2/c1-9(25(2)19(27)10-3-4-15(21)14(20)5-10)13-8-24-18(26)12-7-17(23)16(22)6-11(12)13/h3-9H,1-2H3,(H,24,26). The van der Waals surface area contributed by atoms with Gasteiger partial charge in [0.05, 0.1) is 16.5 Å². The first-order valence-corrected chi connectivity index (χ1v) is 8.31. The molecule has 4 nitrogen and oxygen atoms in total. The lowest BCUT2D eigenvalue weighted by Gasteiger charge is -2.26. The highest BCUT2D eigenvalue weighted by Crippen LogP contribution is 2.28. The van der Waals surface area contributed by atoms with Crippen LogP contribution < -0.4 is 5.56 Å². The van der Waals surface area contributed by atoms with Crippen LogP contribution in [0.4, 0.5) is 13.2 Å². The predicted octanol–water partition coefficient (Wildman–Crippen LogP) is 4.43. The maximum atomic E-state index is 13.7. The molecule has 0 aliphatic heterocycles. The minimum atomic E-state index is -1.14. The van der Waals surface area contributed by atoms with E-state index < -0.39 is 35.0 Å². The van der Waals surface area contributed by atoms with Crippen molar-refractivity contribution in [2.24, 2.45) is 0 Å². The van der Waals surface area contributed by atoms with E-state index in [0.717, 1.165) is 18.2 Å². The molecule has 140 valence electrons. The minimum Gasteiger partial charge on any atom is -0.335 e. The molecule has 3 rings (SSSR count). The number of H-pyrrole nitrogens is 1. The van der Waals surface area contributed by atoms with Crippen molar-refractivity contribution in [3.63, 3.8) is 0 Å². The number of nitrogens with one attached hydrogen (secondary N) is 1. The van der Waals surface area contributed by atoms with Crippen molar-refractivity contribution >= 4 is 28.3 Å². The number of rotatable bonds is 3. The van der Waals surface area contributed by atoms with Gasteiger partial charge in [-0.1, -0.05) is 11.6 Å². The van der Waals surface area contributed by atoms with Crippen molar-refractivity contribution in [2.45, 2.75) is 13.0 Å². The molecule has 1 atom stereocenters. The number of hydrogen-bond donors (Lipinski definition) is 1. The summed E-state index contributed by atoms with van der Waals surface area (Å²) in [4.78, 5) is 28.4. The van der Waals surface area contributed by atoms with Gasteiger partial charge in [0.1, 0.15) is 5.82 Å². The molecule has 1 aromatic heterocycles. The molecule has 1 unspecified atom stereocenters. The highest BCUT2D eigenvalue weighted by atomic mass is 35.5. The molecule has 0 bridgehead atoms. The number of hydrogen-bond acceptors (Lipinski definition) is 2. The summed E-state index contributed by atoms with van der Waals surface area (Å²) in [5.41, 5.74) is 0.0217. The highest BCUT2D eigenvalue weighted by Gasteiger charge is 2.22. The van der Waals surface area contributed by atoms with Gasteiger partial charge in [0, 0.05) is 18.8 Å². The molecular formula is C19H14ClF3N2O2. The molecule has 0 radical (unpaired) electrons. The Hall–Kier alpha value is -2.80. The molecule has 0 saturated heterocycles. The molecule has 2 aromatic carbocycles. The molecular weight excluding hydrogens is 381 g/mol. The molecule has 0 saturated carbocycles. The molecule has 0 fully saturated rings. The minimum absolute atomic E-state index is 0.0241. The van der Waals surface area contributed by atoms with Gasteiger partial charge < -0.3 is 9.88 Å². The third-order valence-corrected chi connectivity index (χ3v) is 4.78. The van der Waals surface area contributed by atoms with E-state index in [1.54, 1.807) is 6.92 Å². The van der Waals surface area contributed by atoms with Crippen molar-refractivity contribution < 1.29 is 18.0 Å². The number of fused-ring (bicyclic) bond motifs is 1. The van der Waals surface area contributed by atoms with Crippen molar-refractivity contribution in [3.8, 4) is 0 Å². The number of halogens is 4. The van der Waals surface area contributed by atoms with E-state index in [-0.39, 0.29) is 21.4 Å². The fourth-order valence-corrected chi connectivity index (χ4v) is 3.02. The first kappa shape index (κ1) is 19.0. The quantitative estimate of drug-likeness (QED) is 0.714. The molecule has 27 heavy (non-hydrogen) atoms. The van der Waals surface area contributed by atoms with Gasteiger partial charge in [-0.25, -0.2) is 13.2 Å². The third kappa shape index (κ3) is 3.42. The summed E-state index contributed by atoms with van der Waals surface area (Å²) in [6.07, 6.45) is 1.36. The van der Waals surface area contributed by atoms with Crippen LogP contribution in [0.2, 0.25) is 5.02 Å². The Morgan fingerprint density at radius 3 is 2.33 bits per heavy atom. The van der Waals surface area contributed by atoms with Crippen LogP contribution >= 0.6 is 11.6 Å². The van der Waals surface area contributed by atoms with Crippen LogP contribution in [0.25, 0.3) is 10.8 Å². The number of carbonyl (C=O) groups is 1. The fraction of sp³-hybridized carbons (Fsp3) is 0.158. The van der Waals surface area contributed by atoms with Crippen LogP contribution in [0.3, 0.4) is 0 Å². The zero-order valence-electron chi connectivity index (χ0n) is 14.3. The molecule has 1 heterocycles. The van der Waals surface area contributed by atoms with Crippen LogP contribution in [-0.2, 0) is 0 Å². The van der Waals surface area contributed by atoms with Gasteiger partial charge in [0.15, 0.2) is 11.6 Å². The summed E-state index contributed by atoms with van der Waals surface area (Å²) >= 11 is 5.72. The van der Waals surface area contributed by atoms with Gasteiger partial charge in [-0.2, -0.15) is 0 Å². The van der Waals surface area contributed by atoms with Gasteiger partial charge in [-0.3, -0.25) is 9.59 Å². The van der Waals surface area contributed by atoms with E-state index >= 15 is 0 Å². The van der Waals surface area contributed by atoms with Crippen molar-refractivity contribution in [1.29, 1.82) is 0 Å². The zero-order valence-corrected chi connectivity index (χ0v) is 15.1. The van der Waals surface area contributed by atoms with Crippen molar-refractivity contribution in [3.05, 3.63) is 80.5 Å². The van der Waals surface area contributed by atoms with Gasteiger partial charge in [0.2, 0.25) is 0 Å². The largest absolute Gasteiger partial charge is 0.335 e. The lowest BCUT2D eigenvalue weighted by atomic mass is 10.0. The third-order valence-electron chi connectivity index (χ3n) is 4.49. The second-order valence-corrected chi connectivity index (χ2v) is 6.51. The normalized spacial score (nSPS) is 12.2. The first-order chi connectivity index (χ1) is 12.7. The number of aromatic nitrogens is 1. The first-order valence-electron chi connectivity index (χ1n) is 7.93. The van der Waals surface area contributed by atoms with Gasteiger partial charge in [0.25, 0.3) is 11.5 Å². The van der Waals surface area contributed by atoms with E-state index in [1.165, 1.54) is 30.3 Å². The monoisotopic (exact) mass is 394 g/mol. The average molecular weight is 395 g/mol. The molecule has 0 spiro atoms. The number of nitrogens with zero attached hydrogens (tertiary/aromatic N) is 1. The highest BCUT2D eigenvalue weighted by molar-refractivity contribution is 6.31. The van der Waals surface area contributed by atoms with Crippen LogP contribution in [0.15, 0.2) is 41.3 Å². The van der Waals surface area contributed by atoms with Gasteiger partial charge in [-0.15, -0.1) is 0 Å². The van der Waals surface area contributed by atoms with Crippen molar-refractivity contribution in [2.75, 3.05) is 7.05 Å². The van der Waals surface area contributed by atoms with E-state index in [2.05, 4.69) is 4.98 Å². The van der Waals surface area contributed by atoms with Crippen molar-refractivity contribution in [1.82, 2.24) is 9.88 Å². The SMILES string of the molecule is CC(c1c[nH]c(=O)c2cc(F)c(F)cc12)N(C)C(=O)c1ccc(F)c(Cl)c1. The Kier molecular flexibility index (Phi) is 4.97. The second kappa shape index (κ2) is 7.08. The number of amides is 1. The van der Waals surface area contributed by atoms with Crippen LogP contribution in [0.5, 0.6) is 0 Å². The summed E-state index contributed by atoms with van der Waals surface area (Å²) in [7, 11) is 1.50. The number of carbonyl (C=O) groups excluding carboxylic acids is 1. The van der Waals surface area contributed by atoms with Gasteiger partial charge >= 0.3 is 0 Å². The van der Waals surface area contributed by atoms with Crippen LogP contribution in [-0.4, -0.2) is 22.8 Å². The molecule has 1 N–H and O–H groups in total. The molecule has 1 amide bonds. The summed E-state index contributed by atoms with van der Waals surface area (Å²) in [5.74, 6) is -3.33. The summed E-state index contributed by atoms with van der Waals surface area (Å²) in [5, 5.41) is -0.0141. The molecule has 8 heteroatoms. The second-order valence-electron chi connectivity index (χ2n) is 6.11. The number of pyridine rings is 1. The van der Waals surface area contributed by atoms with E-state index in [9.17, 15) is 22.8 Å². The lowest BCUT2D eigenvalue weighted by Crippen LogP contribution is -2.30. The lowest BCUT2D eigenvalue weighted by molar-refractivity contribution is 0.0743. The van der Waals surface area contributed by atoms with E-state index in [1.807, 2.05) is 0 Å². The Balaban J connectivity index is 2.04. The number of aromatic amines is 1. The van der Waals surface area contributed by atoms with Gasteiger partial charge in [-0.05, 0) is 48.2 Å². The Labute approximate surface area is 157 Å². The fourth-order valence-electron chi connectivity index (χ4n) is 2.84. The maximum Gasteiger partial charge on any atom is 0.255 e. The zero-order chi connectivity index (χ0) is 19.9. The molecule has 0 aliphatic carbocycles.